The summed E-state index contributed by atoms with van der Waals surface area (Å²) in [5, 5.41) is 0. The van der Waals surface area contributed by atoms with E-state index in [4.69, 9.17) is 9.47 Å². The maximum Gasteiger partial charge on any atom is 0.119 e. The number of nitrogens with zero attached hydrogens (tertiary/aromatic N) is 2. The van der Waals surface area contributed by atoms with E-state index in [9.17, 15) is 0 Å². The second kappa shape index (κ2) is 9.22. The molecular formula is C27H39N2O2. The van der Waals surface area contributed by atoms with Crippen molar-refractivity contribution >= 4 is 0 Å². The zero-order chi connectivity index (χ0) is 22.8. The molecule has 0 unspecified atom stereocenters. The Morgan fingerprint density at radius 3 is 1.39 bits per heavy atom. The molecule has 169 valence electrons. The van der Waals surface area contributed by atoms with Gasteiger partial charge in [0.05, 0.1) is 20.9 Å². The predicted molar refractivity (Wildman–Crippen MR) is 128 cm³/mol. The van der Waals surface area contributed by atoms with E-state index in [2.05, 4.69) is 94.4 Å². The quantitative estimate of drug-likeness (QED) is 0.571. The van der Waals surface area contributed by atoms with E-state index < -0.39 is 0 Å². The molecule has 0 amide bonds. The van der Waals surface area contributed by atoms with Gasteiger partial charge in [0.25, 0.3) is 0 Å². The Balaban J connectivity index is 1.94. The van der Waals surface area contributed by atoms with Crippen molar-refractivity contribution < 1.29 is 9.47 Å². The van der Waals surface area contributed by atoms with Crippen LogP contribution in [0.25, 0.3) is 0 Å². The number of methoxy groups -OCH3 is 2. The Bertz CT molecular complexity index is 795. The highest BCUT2D eigenvalue weighted by molar-refractivity contribution is 5.30. The van der Waals surface area contributed by atoms with Crippen molar-refractivity contribution in [1.82, 2.24) is 9.80 Å². The van der Waals surface area contributed by atoms with Gasteiger partial charge in [-0.15, -0.1) is 0 Å². The van der Waals surface area contributed by atoms with Gasteiger partial charge < -0.3 is 9.47 Å². The van der Waals surface area contributed by atoms with Gasteiger partial charge in [-0.25, -0.2) is 0 Å². The predicted octanol–water partition coefficient (Wildman–Crippen LogP) is 5.97. The Kier molecular flexibility index (Phi) is 7.02. The number of benzene rings is 2. The van der Waals surface area contributed by atoms with Crippen molar-refractivity contribution in [2.75, 3.05) is 14.2 Å². The fourth-order valence-electron chi connectivity index (χ4n) is 4.88. The van der Waals surface area contributed by atoms with E-state index >= 15 is 0 Å². The zero-order valence-electron chi connectivity index (χ0n) is 20.5. The van der Waals surface area contributed by atoms with Gasteiger partial charge in [-0.1, -0.05) is 65.8 Å². The SMILES string of the molecule is COc1cccc(CN2[CH]N(Cc3cccc(OC)c3)[C@H](C(C)(C)C)[C@H]2C(C)(C)C)c1. The summed E-state index contributed by atoms with van der Waals surface area (Å²) in [6, 6.07) is 17.6. The molecular weight excluding hydrogens is 384 g/mol. The van der Waals surface area contributed by atoms with Crippen molar-refractivity contribution in [1.29, 1.82) is 0 Å². The molecule has 0 aromatic heterocycles. The molecule has 2 aromatic rings. The van der Waals surface area contributed by atoms with Crippen LogP contribution < -0.4 is 9.47 Å². The van der Waals surface area contributed by atoms with E-state index in [0.29, 0.717) is 12.1 Å². The first-order valence-corrected chi connectivity index (χ1v) is 11.2. The highest BCUT2D eigenvalue weighted by atomic mass is 16.5. The summed E-state index contributed by atoms with van der Waals surface area (Å²) in [5.74, 6) is 1.81. The van der Waals surface area contributed by atoms with E-state index in [-0.39, 0.29) is 10.8 Å². The summed E-state index contributed by atoms with van der Waals surface area (Å²) >= 11 is 0. The molecule has 4 heteroatoms. The molecule has 4 nitrogen and oxygen atoms in total. The molecule has 0 N–H and O–H groups in total. The van der Waals surface area contributed by atoms with Crippen LogP contribution in [0.5, 0.6) is 11.5 Å². The highest BCUT2D eigenvalue weighted by Crippen LogP contribution is 2.44. The Labute approximate surface area is 189 Å². The van der Waals surface area contributed by atoms with E-state index in [1.54, 1.807) is 14.2 Å². The smallest absolute Gasteiger partial charge is 0.119 e. The molecule has 0 saturated carbocycles. The minimum absolute atomic E-state index is 0.121. The first-order valence-electron chi connectivity index (χ1n) is 11.2. The van der Waals surface area contributed by atoms with Gasteiger partial charge in [0.2, 0.25) is 0 Å². The topological polar surface area (TPSA) is 24.9 Å². The van der Waals surface area contributed by atoms with E-state index in [1.807, 2.05) is 12.1 Å². The molecule has 1 fully saturated rings. The van der Waals surface area contributed by atoms with Gasteiger partial charge >= 0.3 is 0 Å². The lowest BCUT2D eigenvalue weighted by Crippen LogP contribution is -2.51. The van der Waals surface area contributed by atoms with Crippen LogP contribution in [0.4, 0.5) is 0 Å². The second-order valence-electron chi connectivity index (χ2n) is 10.8. The Morgan fingerprint density at radius 2 is 1.06 bits per heavy atom. The number of hydrogen-bond acceptors (Lipinski definition) is 4. The van der Waals surface area contributed by atoms with Gasteiger partial charge in [0, 0.05) is 25.2 Å². The van der Waals surface area contributed by atoms with Crippen molar-refractivity contribution in [3.05, 3.63) is 66.3 Å². The second-order valence-corrected chi connectivity index (χ2v) is 10.8. The first-order chi connectivity index (χ1) is 14.5. The first kappa shape index (κ1) is 23.6. The van der Waals surface area contributed by atoms with Crippen LogP contribution in [0.2, 0.25) is 0 Å². The van der Waals surface area contributed by atoms with Crippen LogP contribution >= 0.6 is 0 Å². The normalized spacial score (nSPS) is 20.8. The molecule has 1 saturated heterocycles. The molecule has 0 aliphatic carbocycles. The maximum atomic E-state index is 5.46. The van der Waals surface area contributed by atoms with Crippen molar-refractivity contribution in [2.24, 2.45) is 10.8 Å². The lowest BCUT2D eigenvalue weighted by Gasteiger charge is -2.44. The van der Waals surface area contributed by atoms with Crippen molar-refractivity contribution in [3.8, 4) is 11.5 Å². The molecule has 2 atom stereocenters. The number of ether oxygens (including phenoxy) is 2. The Morgan fingerprint density at radius 1 is 0.677 bits per heavy atom. The third-order valence-electron chi connectivity index (χ3n) is 6.08. The minimum atomic E-state index is 0.121. The van der Waals surface area contributed by atoms with Crippen LogP contribution in [0.15, 0.2) is 48.5 Å². The molecule has 0 spiro atoms. The van der Waals surface area contributed by atoms with E-state index in [1.165, 1.54) is 11.1 Å². The fourth-order valence-corrected chi connectivity index (χ4v) is 4.88. The van der Waals surface area contributed by atoms with Crippen LogP contribution in [-0.2, 0) is 13.1 Å². The molecule has 2 aromatic carbocycles. The number of rotatable bonds is 6. The van der Waals surface area contributed by atoms with Crippen LogP contribution in [-0.4, -0.2) is 36.1 Å². The maximum absolute atomic E-state index is 5.46. The third kappa shape index (κ3) is 5.61. The third-order valence-corrected chi connectivity index (χ3v) is 6.08. The van der Waals surface area contributed by atoms with Gasteiger partial charge in [0.1, 0.15) is 11.5 Å². The van der Waals surface area contributed by atoms with Gasteiger partial charge in [-0.2, -0.15) is 0 Å². The van der Waals surface area contributed by atoms with Crippen LogP contribution in [0, 0.1) is 17.5 Å². The molecule has 0 bridgehead atoms. The van der Waals surface area contributed by atoms with Gasteiger partial charge in [-0.05, 0) is 46.2 Å². The zero-order valence-corrected chi connectivity index (χ0v) is 20.5. The largest absolute Gasteiger partial charge is 0.497 e. The summed E-state index contributed by atoms with van der Waals surface area (Å²) in [6.07, 6.45) is 0. The van der Waals surface area contributed by atoms with Crippen LogP contribution in [0.1, 0.15) is 52.7 Å². The highest BCUT2D eigenvalue weighted by Gasteiger charge is 2.50. The average Bonchev–Trinajstić information content (AvgIpc) is 3.06. The Hall–Kier alpha value is -2.04. The minimum Gasteiger partial charge on any atom is -0.497 e. The van der Waals surface area contributed by atoms with Crippen molar-refractivity contribution in [3.63, 3.8) is 0 Å². The van der Waals surface area contributed by atoms with Gasteiger partial charge in [0.15, 0.2) is 0 Å². The monoisotopic (exact) mass is 423 g/mol. The fraction of sp³-hybridized carbons (Fsp3) is 0.519. The summed E-state index contributed by atoms with van der Waals surface area (Å²) in [7, 11) is 3.45. The van der Waals surface area contributed by atoms with Crippen molar-refractivity contribution in [2.45, 2.75) is 66.7 Å². The summed E-state index contributed by atoms with van der Waals surface area (Å²) < 4.78 is 10.9. The standard InChI is InChI=1S/C27H39N2O2/c1-26(2,3)24-25(27(4,5)6)29(18-21-12-10-14-23(16-21)31-8)19-28(24)17-20-11-9-13-22(15-20)30-7/h9-16,19,24-25H,17-18H2,1-8H3/t24-,25-/m0/s1. The molecule has 1 radical (unpaired) electrons. The molecule has 1 aliphatic heterocycles. The molecule has 1 heterocycles. The average molecular weight is 424 g/mol. The lowest BCUT2D eigenvalue weighted by molar-refractivity contribution is 0.0715. The van der Waals surface area contributed by atoms with Gasteiger partial charge in [-0.3, -0.25) is 9.80 Å². The molecule has 31 heavy (non-hydrogen) atoms. The van der Waals surface area contributed by atoms with Crippen LogP contribution in [0.3, 0.4) is 0 Å². The van der Waals surface area contributed by atoms with E-state index in [0.717, 1.165) is 24.6 Å². The summed E-state index contributed by atoms with van der Waals surface area (Å²) in [6.45, 7) is 18.2. The summed E-state index contributed by atoms with van der Waals surface area (Å²) in [4.78, 5) is 5.07. The summed E-state index contributed by atoms with van der Waals surface area (Å²) in [5.41, 5.74) is 2.77. The lowest BCUT2D eigenvalue weighted by atomic mass is 9.72. The molecule has 1 aliphatic rings. The number of hydrogen-bond donors (Lipinski definition) is 0. The molecule has 3 rings (SSSR count).